The summed E-state index contributed by atoms with van der Waals surface area (Å²) in [6.45, 7) is -0.589. The number of rotatable bonds is 7. The van der Waals surface area contributed by atoms with E-state index in [9.17, 15) is 22.8 Å². The first kappa shape index (κ1) is 22.9. The van der Waals surface area contributed by atoms with E-state index < -0.39 is 30.4 Å². The molecule has 0 atom stereocenters. The van der Waals surface area contributed by atoms with E-state index in [0.717, 1.165) is 10.8 Å². The fourth-order valence-electron chi connectivity index (χ4n) is 2.58. The van der Waals surface area contributed by atoms with E-state index in [1.54, 1.807) is 24.3 Å². The Bertz CT molecular complexity index is 1160. The minimum atomic E-state index is -4.72. The van der Waals surface area contributed by atoms with Crippen LogP contribution in [-0.2, 0) is 15.8 Å². The number of anilines is 1. The summed E-state index contributed by atoms with van der Waals surface area (Å²) in [5.41, 5.74) is -0.0467. The number of hydrogen-bond donors (Lipinski definition) is 2. The molecular formula is C21H15ClF3N3O4. The summed E-state index contributed by atoms with van der Waals surface area (Å²) in [6, 6.07) is 13.0. The molecule has 7 nitrogen and oxygen atoms in total. The number of carboxylic acid groups (broad SMARTS) is 1. The molecule has 166 valence electrons. The van der Waals surface area contributed by atoms with E-state index in [-0.39, 0.29) is 16.6 Å². The molecule has 0 unspecified atom stereocenters. The number of carbonyl (C=O) groups is 2. The Morgan fingerprint density at radius 1 is 1.16 bits per heavy atom. The third kappa shape index (κ3) is 5.88. The summed E-state index contributed by atoms with van der Waals surface area (Å²) >= 11 is 6.06. The number of amides is 1. The molecule has 0 bridgehead atoms. The van der Waals surface area contributed by atoms with Crippen LogP contribution in [0.4, 0.5) is 18.9 Å². The van der Waals surface area contributed by atoms with Crippen LogP contribution in [-0.4, -0.2) is 33.4 Å². The van der Waals surface area contributed by atoms with Crippen LogP contribution in [0, 0.1) is 0 Å². The number of aromatic nitrogens is 2. The van der Waals surface area contributed by atoms with Gasteiger partial charge >= 0.3 is 12.1 Å². The number of ether oxygens (including phenoxy) is 1. The molecule has 3 aromatic rings. The van der Waals surface area contributed by atoms with E-state index in [2.05, 4.69) is 10.4 Å². The monoisotopic (exact) mass is 465 g/mol. The van der Waals surface area contributed by atoms with Crippen molar-refractivity contribution in [3.8, 4) is 11.6 Å². The fourth-order valence-corrected chi connectivity index (χ4v) is 2.80. The topological polar surface area (TPSA) is 93.5 Å². The Hall–Kier alpha value is -3.79. The van der Waals surface area contributed by atoms with Crippen molar-refractivity contribution < 1.29 is 32.6 Å². The number of nitrogens with zero attached hydrogens (tertiary/aromatic N) is 2. The SMILES string of the molecule is O=C(O)C=Cc1ccc(NC(=O)COc2cc(C(F)(F)F)nn2-c2ccccc2Cl)cc1. The highest BCUT2D eigenvalue weighted by atomic mass is 35.5. The zero-order chi connectivity index (χ0) is 23.3. The van der Waals surface area contributed by atoms with Crippen molar-refractivity contribution in [2.45, 2.75) is 6.18 Å². The number of hydrogen-bond acceptors (Lipinski definition) is 4. The van der Waals surface area contributed by atoms with Gasteiger partial charge in [-0.3, -0.25) is 4.79 Å². The smallest absolute Gasteiger partial charge is 0.435 e. The van der Waals surface area contributed by atoms with E-state index in [1.807, 2.05) is 0 Å². The number of carboxylic acids is 1. The molecule has 0 aliphatic heterocycles. The van der Waals surface area contributed by atoms with Crippen LogP contribution >= 0.6 is 11.6 Å². The predicted molar refractivity (Wildman–Crippen MR) is 111 cm³/mol. The maximum absolute atomic E-state index is 13.1. The maximum atomic E-state index is 13.1. The number of para-hydroxylation sites is 1. The standard InChI is InChI=1S/C21H15ClF3N3O4/c22-15-3-1-2-4-16(15)28-19(11-17(27-28)21(23,24)25)32-12-18(29)26-14-8-5-13(6-9-14)7-10-20(30)31/h1-11H,12H2,(H,26,29)(H,30,31). The second kappa shape index (κ2) is 9.56. The van der Waals surface area contributed by atoms with Gasteiger partial charge in [0.1, 0.15) is 0 Å². The lowest BCUT2D eigenvalue weighted by Crippen LogP contribution is -2.21. The zero-order valence-electron chi connectivity index (χ0n) is 16.1. The highest BCUT2D eigenvalue weighted by molar-refractivity contribution is 6.32. The zero-order valence-corrected chi connectivity index (χ0v) is 16.9. The molecule has 0 aliphatic carbocycles. The van der Waals surface area contributed by atoms with Crippen LogP contribution < -0.4 is 10.1 Å². The second-order valence-electron chi connectivity index (χ2n) is 6.36. The van der Waals surface area contributed by atoms with Gasteiger partial charge in [-0.05, 0) is 35.9 Å². The molecule has 2 N–H and O–H groups in total. The molecule has 32 heavy (non-hydrogen) atoms. The van der Waals surface area contributed by atoms with Crippen molar-refractivity contribution in [2.24, 2.45) is 0 Å². The lowest BCUT2D eigenvalue weighted by atomic mass is 10.2. The average molecular weight is 466 g/mol. The summed E-state index contributed by atoms with van der Waals surface area (Å²) in [5, 5.41) is 14.8. The molecule has 0 saturated carbocycles. The Labute approximate surface area is 184 Å². The van der Waals surface area contributed by atoms with E-state index in [4.69, 9.17) is 21.4 Å². The van der Waals surface area contributed by atoms with Gasteiger partial charge in [0, 0.05) is 17.8 Å². The summed E-state index contributed by atoms with van der Waals surface area (Å²) in [5.74, 6) is -2.03. The largest absolute Gasteiger partial charge is 0.478 e. The van der Waals surface area contributed by atoms with Gasteiger partial charge in [-0.2, -0.15) is 23.0 Å². The Kier molecular flexibility index (Phi) is 6.84. The van der Waals surface area contributed by atoms with Gasteiger partial charge in [-0.25, -0.2) is 4.79 Å². The maximum Gasteiger partial charge on any atom is 0.435 e. The van der Waals surface area contributed by atoms with Crippen LogP contribution in [0.15, 0.2) is 60.7 Å². The molecule has 0 spiro atoms. The van der Waals surface area contributed by atoms with Crippen molar-refractivity contribution in [1.82, 2.24) is 9.78 Å². The van der Waals surface area contributed by atoms with Crippen LogP contribution in [0.3, 0.4) is 0 Å². The molecule has 1 amide bonds. The summed E-state index contributed by atoms with van der Waals surface area (Å²) in [7, 11) is 0. The molecular weight excluding hydrogens is 451 g/mol. The highest BCUT2D eigenvalue weighted by Gasteiger charge is 2.36. The lowest BCUT2D eigenvalue weighted by Gasteiger charge is -2.11. The Balaban J connectivity index is 1.72. The first-order chi connectivity index (χ1) is 15.1. The van der Waals surface area contributed by atoms with Crippen LogP contribution in [0.25, 0.3) is 11.8 Å². The molecule has 11 heteroatoms. The van der Waals surface area contributed by atoms with Crippen molar-refractivity contribution in [3.63, 3.8) is 0 Å². The molecule has 3 rings (SSSR count). The van der Waals surface area contributed by atoms with Crippen molar-refractivity contribution in [2.75, 3.05) is 11.9 Å². The molecule has 1 aromatic heterocycles. The van der Waals surface area contributed by atoms with Crippen molar-refractivity contribution in [1.29, 1.82) is 0 Å². The minimum Gasteiger partial charge on any atom is -0.478 e. The fraction of sp³-hybridized carbons (Fsp3) is 0.0952. The van der Waals surface area contributed by atoms with E-state index >= 15 is 0 Å². The van der Waals surface area contributed by atoms with E-state index in [1.165, 1.54) is 30.3 Å². The van der Waals surface area contributed by atoms with E-state index in [0.29, 0.717) is 17.3 Å². The van der Waals surface area contributed by atoms with Gasteiger partial charge in [0.25, 0.3) is 5.91 Å². The number of carbonyl (C=O) groups excluding carboxylic acids is 1. The molecule has 1 heterocycles. The van der Waals surface area contributed by atoms with Crippen LogP contribution in [0.2, 0.25) is 5.02 Å². The third-order valence-electron chi connectivity index (χ3n) is 4.01. The van der Waals surface area contributed by atoms with Gasteiger partial charge in [0.05, 0.1) is 10.7 Å². The summed E-state index contributed by atoms with van der Waals surface area (Å²) in [6.07, 6.45) is -2.37. The molecule has 0 saturated heterocycles. The first-order valence-electron chi connectivity index (χ1n) is 8.99. The quantitative estimate of drug-likeness (QED) is 0.495. The average Bonchev–Trinajstić information content (AvgIpc) is 3.17. The minimum absolute atomic E-state index is 0.149. The number of aliphatic carboxylic acids is 1. The normalized spacial score (nSPS) is 11.5. The van der Waals surface area contributed by atoms with Crippen molar-refractivity contribution >= 4 is 35.2 Å². The number of benzene rings is 2. The summed E-state index contributed by atoms with van der Waals surface area (Å²) in [4.78, 5) is 22.7. The molecule has 2 aromatic carbocycles. The van der Waals surface area contributed by atoms with Crippen LogP contribution in [0.1, 0.15) is 11.3 Å². The van der Waals surface area contributed by atoms with Crippen LogP contribution in [0.5, 0.6) is 5.88 Å². The van der Waals surface area contributed by atoms with Gasteiger partial charge < -0.3 is 15.2 Å². The van der Waals surface area contributed by atoms with Gasteiger partial charge in [0.15, 0.2) is 12.3 Å². The third-order valence-corrected chi connectivity index (χ3v) is 4.33. The second-order valence-corrected chi connectivity index (χ2v) is 6.77. The molecule has 0 aliphatic rings. The molecule has 0 radical (unpaired) electrons. The predicted octanol–water partition coefficient (Wildman–Crippen LogP) is 4.66. The Morgan fingerprint density at radius 2 is 1.84 bits per heavy atom. The van der Waals surface area contributed by atoms with Gasteiger partial charge in [-0.15, -0.1) is 0 Å². The number of nitrogens with one attached hydrogen (secondary N) is 1. The number of halogens is 4. The van der Waals surface area contributed by atoms with Gasteiger partial charge in [-0.1, -0.05) is 35.9 Å². The van der Waals surface area contributed by atoms with Crippen molar-refractivity contribution in [3.05, 3.63) is 77.0 Å². The summed E-state index contributed by atoms with van der Waals surface area (Å²) < 4.78 is 45.6. The first-order valence-corrected chi connectivity index (χ1v) is 9.37. The highest BCUT2D eigenvalue weighted by Crippen LogP contribution is 2.33. The van der Waals surface area contributed by atoms with Gasteiger partial charge in [0.2, 0.25) is 5.88 Å². The Morgan fingerprint density at radius 3 is 2.47 bits per heavy atom. The number of alkyl halides is 3. The lowest BCUT2D eigenvalue weighted by molar-refractivity contribution is -0.141. The molecule has 0 fully saturated rings.